The highest BCUT2D eigenvalue weighted by molar-refractivity contribution is 9.10. The molecule has 188 valence electrons. The highest BCUT2D eigenvalue weighted by Crippen LogP contribution is 2.28. The molecule has 9 heteroatoms. The third-order valence-corrected chi connectivity index (χ3v) is 5.97. The van der Waals surface area contributed by atoms with Gasteiger partial charge in [0.1, 0.15) is 12.6 Å². The van der Waals surface area contributed by atoms with Crippen LogP contribution in [0.2, 0.25) is 5.02 Å². The second-order valence-electron chi connectivity index (χ2n) is 8.27. The van der Waals surface area contributed by atoms with Crippen molar-refractivity contribution in [2.75, 3.05) is 7.11 Å². The first-order chi connectivity index (χ1) is 17.3. The SMILES string of the molecule is COc1cc(/C=N\NC(=O)C(NC(=O)c2cccc(Cl)c2)C(C)C)ccc1OCc1ccc(Br)cc1. The van der Waals surface area contributed by atoms with Crippen LogP contribution in [0, 0.1) is 5.92 Å². The van der Waals surface area contributed by atoms with E-state index in [2.05, 4.69) is 31.8 Å². The van der Waals surface area contributed by atoms with Crippen LogP contribution in [-0.2, 0) is 11.4 Å². The monoisotopic (exact) mass is 571 g/mol. The largest absolute Gasteiger partial charge is 0.493 e. The summed E-state index contributed by atoms with van der Waals surface area (Å²) < 4.78 is 12.3. The molecular weight excluding hydrogens is 546 g/mol. The first-order valence-corrected chi connectivity index (χ1v) is 12.4. The molecule has 0 aromatic heterocycles. The molecule has 1 atom stereocenters. The van der Waals surface area contributed by atoms with Gasteiger partial charge >= 0.3 is 0 Å². The molecule has 1 unspecified atom stereocenters. The molecule has 0 aliphatic heterocycles. The fourth-order valence-corrected chi connectivity index (χ4v) is 3.71. The number of ether oxygens (including phenoxy) is 2. The zero-order valence-electron chi connectivity index (χ0n) is 20.1. The van der Waals surface area contributed by atoms with E-state index in [4.69, 9.17) is 21.1 Å². The van der Waals surface area contributed by atoms with Gasteiger partial charge in [0, 0.05) is 15.1 Å². The van der Waals surface area contributed by atoms with Gasteiger partial charge in [0.05, 0.1) is 13.3 Å². The quantitative estimate of drug-likeness (QED) is 0.245. The van der Waals surface area contributed by atoms with Gasteiger partial charge in [0.25, 0.3) is 11.8 Å². The average molecular weight is 573 g/mol. The molecule has 0 saturated heterocycles. The molecule has 2 amide bonds. The summed E-state index contributed by atoms with van der Waals surface area (Å²) in [6.45, 7) is 4.07. The number of hydrazone groups is 1. The minimum absolute atomic E-state index is 0.161. The number of hydrogen-bond donors (Lipinski definition) is 2. The highest BCUT2D eigenvalue weighted by Gasteiger charge is 2.24. The standard InChI is InChI=1S/C27H27BrClN3O4/c1-17(2)25(31-26(33)20-5-4-6-22(29)14-20)27(34)32-30-15-19-9-12-23(24(13-19)35-3)36-16-18-7-10-21(28)11-8-18/h4-15,17,25H,16H2,1-3H3,(H,31,33)(H,32,34)/b30-15-. The summed E-state index contributed by atoms with van der Waals surface area (Å²) in [7, 11) is 1.56. The molecule has 0 radical (unpaired) electrons. The predicted molar refractivity (Wildman–Crippen MR) is 145 cm³/mol. The van der Waals surface area contributed by atoms with E-state index >= 15 is 0 Å². The Bertz CT molecular complexity index is 1230. The molecule has 0 saturated carbocycles. The number of carbonyl (C=O) groups is 2. The van der Waals surface area contributed by atoms with Gasteiger partial charge in [-0.05, 0) is 65.6 Å². The number of amides is 2. The van der Waals surface area contributed by atoms with Crippen LogP contribution in [0.15, 0.2) is 76.3 Å². The van der Waals surface area contributed by atoms with Crippen LogP contribution >= 0.6 is 27.5 Å². The predicted octanol–water partition coefficient (Wildman–Crippen LogP) is 5.59. The maximum absolute atomic E-state index is 12.7. The molecular formula is C27H27BrClN3O4. The maximum Gasteiger partial charge on any atom is 0.262 e. The number of methoxy groups -OCH3 is 1. The molecule has 0 aliphatic carbocycles. The summed E-state index contributed by atoms with van der Waals surface area (Å²) in [4.78, 5) is 25.3. The van der Waals surface area contributed by atoms with Crippen molar-refractivity contribution in [2.24, 2.45) is 11.0 Å². The van der Waals surface area contributed by atoms with Crippen LogP contribution < -0.4 is 20.2 Å². The summed E-state index contributed by atoms with van der Waals surface area (Å²) in [5, 5.41) is 7.23. The summed E-state index contributed by atoms with van der Waals surface area (Å²) in [6, 6.07) is 19.0. The molecule has 3 rings (SSSR count). The van der Waals surface area contributed by atoms with Gasteiger partial charge in [-0.25, -0.2) is 5.43 Å². The molecule has 3 aromatic carbocycles. The third-order valence-electron chi connectivity index (χ3n) is 5.21. The van der Waals surface area contributed by atoms with E-state index in [1.165, 1.54) is 6.21 Å². The second kappa shape index (κ2) is 13.1. The van der Waals surface area contributed by atoms with Gasteiger partial charge in [0.2, 0.25) is 0 Å². The smallest absolute Gasteiger partial charge is 0.262 e. The van der Waals surface area contributed by atoms with E-state index in [1.807, 2.05) is 38.1 Å². The Labute approximate surface area is 224 Å². The van der Waals surface area contributed by atoms with Crippen molar-refractivity contribution in [3.63, 3.8) is 0 Å². The Morgan fingerprint density at radius 1 is 1.06 bits per heavy atom. The summed E-state index contributed by atoms with van der Waals surface area (Å²) in [6.07, 6.45) is 1.50. The summed E-state index contributed by atoms with van der Waals surface area (Å²) in [5.74, 6) is 0.142. The fourth-order valence-electron chi connectivity index (χ4n) is 3.25. The molecule has 0 bridgehead atoms. The first kappa shape index (κ1) is 27.2. The van der Waals surface area contributed by atoms with E-state index < -0.39 is 17.9 Å². The van der Waals surface area contributed by atoms with Crippen LogP contribution in [0.25, 0.3) is 0 Å². The lowest BCUT2D eigenvalue weighted by Gasteiger charge is -2.20. The summed E-state index contributed by atoms with van der Waals surface area (Å²) >= 11 is 9.38. The van der Waals surface area contributed by atoms with Crippen molar-refractivity contribution in [3.8, 4) is 11.5 Å². The van der Waals surface area contributed by atoms with Crippen molar-refractivity contribution in [2.45, 2.75) is 26.5 Å². The number of halogens is 2. The summed E-state index contributed by atoms with van der Waals surface area (Å²) in [5.41, 5.74) is 4.60. The topological polar surface area (TPSA) is 89.0 Å². The molecule has 7 nitrogen and oxygen atoms in total. The van der Waals surface area contributed by atoms with E-state index in [9.17, 15) is 9.59 Å². The molecule has 0 heterocycles. The highest BCUT2D eigenvalue weighted by atomic mass is 79.9. The molecule has 0 aliphatic rings. The second-order valence-corrected chi connectivity index (χ2v) is 9.62. The average Bonchev–Trinajstić information content (AvgIpc) is 2.86. The number of carbonyl (C=O) groups excluding carboxylic acids is 2. The normalized spacial score (nSPS) is 11.8. The van der Waals surface area contributed by atoms with Gasteiger partial charge in [-0.2, -0.15) is 5.10 Å². The number of nitrogens with one attached hydrogen (secondary N) is 2. The van der Waals surface area contributed by atoms with Crippen LogP contribution in [0.4, 0.5) is 0 Å². The van der Waals surface area contributed by atoms with Crippen LogP contribution in [0.5, 0.6) is 11.5 Å². The Balaban J connectivity index is 1.60. The Morgan fingerprint density at radius 3 is 2.47 bits per heavy atom. The van der Waals surface area contributed by atoms with E-state index in [1.54, 1.807) is 49.6 Å². The minimum atomic E-state index is -0.780. The zero-order valence-corrected chi connectivity index (χ0v) is 22.5. The van der Waals surface area contributed by atoms with Gasteiger partial charge in [-0.1, -0.05) is 59.6 Å². The lowest BCUT2D eigenvalue weighted by atomic mass is 10.0. The molecule has 0 spiro atoms. The van der Waals surface area contributed by atoms with Gasteiger partial charge in [-0.3, -0.25) is 9.59 Å². The maximum atomic E-state index is 12.7. The zero-order chi connectivity index (χ0) is 26.1. The third kappa shape index (κ3) is 7.83. The molecule has 36 heavy (non-hydrogen) atoms. The number of hydrogen-bond acceptors (Lipinski definition) is 5. The van der Waals surface area contributed by atoms with Crippen molar-refractivity contribution in [1.29, 1.82) is 0 Å². The Kier molecular flexibility index (Phi) is 9.90. The first-order valence-electron chi connectivity index (χ1n) is 11.2. The van der Waals surface area contributed by atoms with Crippen LogP contribution in [0.3, 0.4) is 0 Å². The van der Waals surface area contributed by atoms with Gasteiger partial charge in [-0.15, -0.1) is 0 Å². The molecule has 3 aromatic rings. The van der Waals surface area contributed by atoms with E-state index in [0.29, 0.717) is 34.3 Å². The number of rotatable bonds is 10. The number of nitrogens with zero attached hydrogens (tertiary/aromatic N) is 1. The number of benzene rings is 3. The lowest BCUT2D eigenvalue weighted by molar-refractivity contribution is -0.123. The van der Waals surface area contributed by atoms with Crippen LogP contribution in [0.1, 0.15) is 35.3 Å². The van der Waals surface area contributed by atoms with E-state index in [-0.39, 0.29) is 5.92 Å². The van der Waals surface area contributed by atoms with Crippen molar-refractivity contribution >= 4 is 45.6 Å². The minimum Gasteiger partial charge on any atom is -0.493 e. The lowest BCUT2D eigenvalue weighted by Crippen LogP contribution is -2.48. The molecule has 0 fully saturated rings. The van der Waals surface area contributed by atoms with Gasteiger partial charge < -0.3 is 14.8 Å². The van der Waals surface area contributed by atoms with Gasteiger partial charge in [0.15, 0.2) is 11.5 Å². The molecule has 2 N–H and O–H groups in total. The van der Waals surface area contributed by atoms with Crippen molar-refractivity contribution < 1.29 is 19.1 Å². The Morgan fingerprint density at radius 2 is 1.81 bits per heavy atom. The Hall–Kier alpha value is -3.36. The van der Waals surface area contributed by atoms with Crippen molar-refractivity contribution in [3.05, 3.63) is 92.9 Å². The van der Waals surface area contributed by atoms with Crippen LogP contribution in [-0.4, -0.2) is 31.2 Å². The van der Waals surface area contributed by atoms with E-state index in [0.717, 1.165) is 10.0 Å². The fraction of sp³-hybridized carbons (Fsp3) is 0.222. The van der Waals surface area contributed by atoms with Crippen molar-refractivity contribution in [1.82, 2.24) is 10.7 Å².